The Kier molecular flexibility index (Phi) is 3.41. The van der Waals surface area contributed by atoms with Gasteiger partial charge in [0.25, 0.3) is 0 Å². The van der Waals surface area contributed by atoms with Crippen molar-refractivity contribution in [2.24, 2.45) is 0 Å². The third-order valence-corrected chi connectivity index (χ3v) is 4.10. The largest absolute Gasteiger partial charge is 0.390 e. The molecule has 0 bridgehead atoms. The molecule has 0 unspecified atom stereocenters. The first-order valence-electron chi connectivity index (χ1n) is 6.53. The summed E-state index contributed by atoms with van der Waals surface area (Å²) in [5.41, 5.74) is 0.568. The molecule has 1 aromatic rings. The second kappa shape index (κ2) is 5.03. The fourth-order valence-electron chi connectivity index (χ4n) is 2.52. The highest BCUT2D eigenvalue weighted by molar-refractivity contribution is 6.31. The zero-order valence-electron chi connectivity index (χ0n) is 10.3. The van der Waals surface area contributed by atoms with Crippen molar-refractivity contribution >= 4 is 17.4 Å². The lowest BCUT2D eigenvalue weighted by molar-refractivity contribution is 0.247. The van der Waals surface area contributed by atoms with E-state index in [0.717, 1.165) is 38.0 Å². The van der Waals surface area contributed by atoms with Crippen molar-refractivity contribution in [3.8, 4) is 0 Å². The first-order chi connectivity index (χ1) is 8.78. The van der Waals surface area contributed by atoms with Crippen LogP contribution in [0.5, 0.6) is 0 Å². The smallest absolute Gasteiger partial charge is 0.129 e. The van der Waals surface area contributed by atoms with Crippen LogP contribution in [0.4, 0.5) is 5.82 Å². The minimum Gasteiger partial charge on any atom is -0.390 e. The molecular formula is C13H18ClN3O. The third-order valence-electron chi connectivity index (χ3n) is 3.76. The van der Waals surface area contributed by atoms with Crippen molar-refractivity contribution in [2.45, 2.75) is 25.5 Å². The average Bonchev–Trinajstić information content (AvgIpc) is 3.24. The van der Waals surface area contributed by atoms with Crippen molar-refractivity contribution in [1.29, 1.82) is 0 Å². The highest BCUT2D eigenvalue weighted by Gasteiger charge is 2.31. The van der Waals surface area contributed by atoms with Crippen LogP contribution < -0.4 is 4.90 Å². The minimum atomic E-state index is -0.102. The molecule has 2 fully saturated rings. The van der Waals surface area contributed by atoms with E-state index in [1.54, 1.807) is 0 Å². The zero-order chi connectivity index (χ0) is 12.5. The summed E-state index contributed by atoms with van der Waals surface area (Å²) >= 11 is 5.96. The van der Waals surface area contributed by atoms with Crippen LogP contribution in [0, 0.1) is 0 Å². The fourth-order valence-corrected chi connectivity index (χ4v) is 2.68. The van der Waals surface area contributed by atoms with Gasteiger partial charge in [-0.05, 0) is 25.0 Å². The Morgan fingerprint density at radius 1 is 1.22 bits per heavy atom. The molecule has 1 saturated carbocycles. The second-order valence-corrected chi connectivity index (χ2v) is 5.42. The third kappa shape index (κ3) is 2.46. The Bertz CT molecular complexity index is 428. The molecule has 0 spiro atoms. The summed E-state index contributed by atoms with van der Waals surface area (Å²) in [4.78, 5) is 9.27. The van der Waals surface area contributed by atoms with Crippen LogP contribution in [-0.4, -0.2) is 47.2 Å². The molecule has 1 N–H and O–H groups in total. The molecule has 1 aromatic heterocycles. The number of piperazine rings is 1. The van der Waals surface area contributed by atoms with Gasteiger partial charge < -0.3 is 10.0 Å². The van der Waals surface area contributed by atoms with Gasteiger partial charge in [0.2, 0.25) is 0 Å². The lowest BCUT2D eigenvalue weighted by Crippen LogP contribution is -2.47. The van der Waals surface area contributed by atoms with Crippen molar-refractivity contribution in [1.82, 2.24) is 9.88 Å². The Hall–Kier alpha value is -0.840. The summed E-state index contributed by atoms with van der Waals surface area (Å²) in [7, 11) is 0. The summed E-state index contributed by atoms with van der Waals surface area (Å²) < 4.78 is 0. The quantitative estimate of drug-likeness (QED) is 0.901. The van der Waals surface area contributed by atoms with E-state index < -0.39 is 0 Å². The van der Waals surface area contributed by atoms with Gasteiger partial charge in [-0.15, -0.1) is 0 Å². The van der Waals surface area contributed by atoms with Gasteiger partial charge in [0.1, 0.15) is 5.82 Å². The molecule has 4 nitrogen and oxygen atoms in total. The number of aromatic nitrogens is 1. The molecule has 1 aliphatic carbocycles. The maximum absolute atomic E-state index is 9.19. The van der Waals surface area contributed by atoms with Crippen LogP contribution in [0.2, 0.25) is 5.02 Å². The van der Waals surface area contributed by atoms with Crippen molar-refractivity contribution < 1.29 is 5.11 Å². The molecule has 2 heterocycles. The number of hydrogen-bond donors (Lipinski definition) is 1. The molecule has 0 amide bonds. The molecule has 1 saturated heterocycles. The maximum Gasteiger partial charge on any atom is 0.129 e. The van der Waals surface area contributed by atoms with E-state index in [2.05, 4.69) is 14.8 Å². The predicted molar refractivity (Wildman–Crippen MR) is 72.0 cm³/mol. The lowest BCUT2D eigenvalue weighted by atomic mass is 10.3. The monoisotopic (exact) mass is 267 g/mol. The lowest BCUT2D eigenvalue weighted by Gasteiger charge is -2.35. The average molecular weight is 268 g/mol. The molecule has 18 heavy (non-hydrogen) atoms. The minimum absolute atomic E-state index is 0.102. The van der Waals surface area contributed by atoms with E-state index in [0.29, 0.717) is 10.7 Å². The fraction of sp³-hybridized carbons (Fsp3) is 0.615. The van der Waals surface area contributed by atoms with Gasteiger partial charge in [-0.3, -0.25) is 4.90 Å². The number of anilines is 1. The van der Waals surface area contributed by atoms with Crippen LogP contribution in [-0.2, 0) is 6.61 Å². The van der Waals surface area contributed by atoms with E-state index in [4.69, 9.17) is 11.6 Å². The number of hydrogen-bond acceptors (Lipinski definition) is 4. The van der Waals surface area contributed by atoms with Gasteiger partial charge in [0.15, 0.2) is 0 Å². The maximum atomic E-state index is 9.19. The Morgan fingerprint density at radius 2 is 1.94 bits per heavy atom. The van der Waals surface area contributed by atoms with Crippen molar-refractivity contribution in [3.63, 3.8) is 0 Å². The number of rotatable bonds is 3. The van der Waals surface area contributed by atoms with Gasteiger partial charge in [-0.1, -0.05) is 11.6 Å². The topological polar surface area (TPSA) is 39.6 Å². The van der Waals surface area contributed by atoms with E-state index in [1.807, 2.05) is 12.1 Å². The number of pyridine rings is 1. The molecule has 3 rings (SSSR count). The Labute approximate surface area is 112 Å². The molecular weight excluding hydrogens is 250 g/mol. The van der Waals surface area contributed by atoms with E-state index >= 15 is 0 Å². The number of aliphatic hydroxyl groups is 1. The first kappa shape index (κ1) is 12.2. The van der Waals surface area contributed by atoms with E-state index in [-0.39, 0.29) is 6.61 Å². The summed E-state index contributed by atoms with van der Waals surface area (Å²) in [5, 5.41) is 9.73. The molecule has 5 heteroatoms. The summed E-state index contributed by atoms with van der Waals surface area (Å²) in [6.45, 7) is 4.15. The highest BCUT2D eigenvalue weighted by Crippen LogP contribution is 2.28. The van der Waals surface area contributed by atoms with Gasteiger partial charge >= 0.3 is 0 Å². The van der Waals surface area contributed by atoms with Crippen molar-refractivity contribution in [3.05, 3.63) is 22.8 Å². The SMILES string of the molecule is OCc1nc(N2CCN(C3CC3)CC2)ccc1Cl. The van der Waals surface area contributed by atoms with Crippen LogP contribution in [0.15, 0.2) is 12.1 Å². The number of halogens is 1. The van der Waals surface area contributed by atoms with Gasteiger partial charge in [-0.25, -0.2) is 4.98 Å². The van der Waals surface area contributed by atoms with Crippen molar-refractivity contribution in [2.75, 3.05) is 31.1 Å². The highest BCUT2D eigenvalue weighted by atomic mass is 35.5. The van der Waals surface area contributed by atoms with Gasteiger partial charge in [0.05, 0.1) is 17.3 Å². The standard InChI is InChI=1S/C13H18ClN3O/c14-11-3-4-13(15-12(11)9-18)17-7-5-16(6-8-17)10-1-2-10/h3-4,10,18H,1-2,5-9H2. The predicted octanol–water partition coefficient (Wildman–Crippen LogP) is 1.51. The number of nitrogens with zero attached hydrogens (tertiary/aromatic N) is 3. The summed E-state index contributed by atoms with van der Waals surface area (Å²) in [5.74, 6) is 0.930. The normalized spacial score (nSPS) is 21.3. The molecule has 0 aromatic carbocycles. The van der Waals surface area contributed by atoms with Gasteiger partial charge in [0, 0.05) is 32.2 Å². The summed E-state index contributed by atoms with van der Waals surface area (Å²) in [6, 6.07) is 4.61. The van der Waals surface area contributed by atoms with Crippen LogP contribution in [0.3, 0.4) is 0 Å². The summed E-state index contributed by atoms with van der Waals surface area (Å²) in [6.07, 6.45) is 2.74. The second-order valence-electron chi connectivity index (χ2n) is 5.01. The Balaban J connectivity index is 1.67. The zero-order valence-corrected chi connectivity index (χ0v) is 11.1. The first-order valence-corrected chi connectivity index (χ1v) is 6.91. The van der Waals surface area contributed by atoms with E-state index in [1.165, 1.54) is 12.8 Å². The molecule has 0 radical (unpaired) electrons. The molecule has 2 aliphatic rings. The number of aliphatic hydroxyl groups excluding tert-OH is 1. The van der Waals surface area contributed by atoms with Crippen LogP contribution in [0.1, 0.15) is 18.5 Å². The van der Waals surface area contributed by atoms with E-state index in [9.17, 15) is 5.11 Å². The van der Waals surface area contributed by atoms with Gasteiger partial charge in [-0.2, -0.15) is 0 Å². The van der Waals surface area contributed by atoms with Crippen LogP contribution >= 0.6 is 11.6 Å². The molecule has 1 aliphatic heterocycles. The molecule has 0 atom stereocenters. The van der Waals surface area contributed by atoms with Crippen LogP contribution in [0.25, 0.3) is 0 Å². The molecule has 98 valence electrons. The Morgan fingerprint density at radius 3 is 2.56 bits per heavy atom.